The molecule has 5 heteroatoms. The summed E-state index contributed by atoms with van der Waals surface area (Å²) in [5.41, 5.74) is 1.64. The minimum absolute atomic E-state index is 0.0161. The number of nitrogens with zero attached hydrogens (tertiary/aromatic N) is 2. The third kappa shape index (κ3) is 2.65. The van der Waals surface area contributed by atoms with Gasteiger partial charge in [-0.2, -0.15) is 0 Å². The molecule has 5 nitrogen and oxygen atoms in total. The molecule has 0 unspecified atom stereocenters. The Balaban J connectivity index is 1.40. The van der Waals surface area contributed by atoms with Gasteiger partial charge in [0.15, 0.2) is 5.76 Å². The highest BCUT2D eigenvalue weighted by molar-refractivity contribution is 5.96. The Morgan fingerprint density at radius 1 is 1.22 bits per heavy atom. The summed E-state index contributed by atoms with van der Waals surface area (Å²) in [5.74, 6) is 0.877. The summed E-state index contributed by atoms with van der Waals surface area (Å²) < 4.78 is 11.4. The van der Waals surface area contributed by atoms with Crippen LogP contribution in [0.4, 0.5) is 0 Å². The second-order valence-corrected chi connectivity index (χ2v) is 5.72. The van der Waals surface area contributed by atoms with Gasteiger partial charge in [-0.3, -0.25) is 4.79 Å². The zero-order valence-electron chi connectivity index (χ0n) is 12.7. The Bertz CT molecular complexity index is 832. The number of hydrogen-bond acceptors (Lipinski definition) is 4. The van der Waals surface area contributed by atoms with Crippen LogP contribution in [0.1, 0.15) is 16.2 Å². The van der Waals surface area contributed by atoms with E-state index in [1.165, 1.54) is 0 Å². The van der Waals surface area contributed by atoms with Crippen molar-refractivity contribution >= 4 is 16.9 Å². The summed E-state index contributed by atoms with van der Waals surface area (Å²) >= 11 is 0. The van der Waals surface area contributed by atoms with Gasteiger partial charge in [0.2, 0.25) is 5.88 Å². The molecule has 1 amide bonds. The van der Waals surface area contributed by atoms with Crippen molar-refractivity contribution in [3.8, 4) is 5.88 Å². The molecular formula is C18H16N2O3. The van der Waals surface area contributed by atoms with E-state index in [0.717, 1.165) is 16.7 Å². The van der Waals surface area contributed by atoms with Crippen LogP contribution in [0.5, 0.6) is 5.88 Å². The lowest BCUT2D eigenvalue weighted by molar-refractivity contribution is 0.0139. The first-order valence-corrected chi connectivity index (χ1v) is 7.57. The molecule has 1 aromatic carbocycles. The number of pyridine rings is 1. The van der Waals surface area contributed by atoms with Gasteiger partial charge in [0.05, 0.1) is 13.1 Å². The average Bonchev–Trinajstić information content (AvgIpc) is 2.94. The van der Waals surface area contributed by atoms with E-state index in [2.05, 4.69) is 4.98 Å². The fourth-order valence-corrected chi connectivity index (χ4v) is 2.68. The summed E-state index contributed by atoms with van der Waals surface area (Å²) in [7, 11) is 0. The summed E-state index contributed by atoms with van der Waals surface area (Å²) in [5, 5.41) is 0.938. The van der Waals surface area contributed by atoms with E-state index in [-0.39, 0.29) is 12.0 Å². The van der Waals surface area contributed by atoms with Crippen LogP contribution in [0.2, 0.25) is 0 Å². The first kappa shape index (κ1) is 13.8. The maximum atomic E-state index is 12.4. The van der Waals surface area contributed by atoms with Crippen molar-refractivity contribution in [1.82, 2.24) is 9.88 Å². The molecule has 1 aliphatic rings. The number of benzene rings is 1. The van der Waals surface area contributed by atoms with E-state index >= 15 is 0 Å². The fourth-order valence-electron chi connectivity index (χ4n) is 2.68. The predicted octanol–water partition coefficient (Wildman–Crippen LogP) is 3.04. The van der Waals surface area contributed by atoms with Gasteiger partial charge in [0.1, 0.15) is 11.7 Å². The van der Waals surface area contributed by atoms with Crippen molar-refractivity contribution in [3.05, 3.63) is 60.0 Å². The molecule has 1 aliphatic heterocycles. The number of rotatable bonds is 3. The number of likely N-dealkylation sites (tertiary alicyclic amines) is 1. The normalized spacial score (nSPS) is 14.7. The number of aryl methyl sites for hydroxylation is 1. The topological polar surface area (TPSA) is 55.6 Å². The van der Waals surface area contributed by atoms with Crippen molar-refractivity contribution in [2.24, 2.45) is 0 Å². The molecule has 4 rings (SSSR count). The number of para-hydroxylation sites is 1. The number of carbonyl (C=O) groups excluding carboxylic acids is 1. The molecule has 0 atom stereocenters. The van der Waals surface area contributed by atoms with E-state index in [1.807, 2.05) is 49.4 Å². The molecule has 0 bridgehead atoms. The molecule has 116 valence electrons. The molecule has 1 fully saturated rings. The third-order valence-electron chi connectivity index (χ3n) is 3.92. The molecule has 2 aromatic heterocycles. The number of aromatic nitrogens is 1. The number of fused-ring (bicyclic) bond motifs is 1. The van der Waals surface area contributed by atoms with Crippen LogP contribution in [0, 0.1) is 6.92 Å². The maximum Gasteiger partial charge on any atom is 0.289 e. The van der Waals surface area contributed by atoms with Crippen molar-refractivity contribution < 1.29 is 13.9 Å². The summed E-state index contributed by atoms with van der Waals surface area (Å²) in [6.45, 7) is 3.02. The Morgan fingerprint density at radius 2 is 2.04 bits per heavy atom. The van der Waals surface area contributed by atoms with Gasteiger partial charge in [-0.15, -0.1) is 0 Å². The highest BCUT2D eigenvalue weighted by Gasteiger charge is 2.34. The third-order valence-corrected chi connectivity index (χ3v) is 3.92. The van der Waals surface area contributed by atoms with E-state index in [4.69, 9.17) is 9.15 Å². The second kappa shape index (κ2) is 5.43. The second-order valence-electron chi connectivity index (χ2n) is 5.72. The van der Waals surface area contributed by atoms with Gasteiger partial charge in [0.25, 0.3) is 5.91 Å². The van der Waals surface area contributed by atoms with Crippen LogP contribution >= 0.6 is 0 Å². The van der Waals surface area contributed by atoms with Crippen molar-refractivity contribution in [3.63, 3.8) is 0 Å². The fraction of sp³-hybridized carbons (Fsp3) is 0.222. The Hall–Kier alpha value is -2.82. The first-order chi connectivity index (χ1) is 11.2. The number of ether oxygens (including phenoxy) is 1. The molecule has 0 N–H and O–H groups in total. The van der Waals surface area contributed by atoms with Gasteiger partial charge in [-0.25, -0.2) is 4.98 Å². The minimum atomic E-state index is -0.0988. The van der Waals surface area contributed by atoms with E-state index < -0.39 is 0 Å². The van der Waals surface area contributed by atoms with Gasteiger partial charge in [-0.1, -0.05) is 24.3 Å². The van der Waals surface area contributed by atoms with Crippen molar-refractivity contribution in [2.75, 3.05) is 13.1 Å². The van der Waals surface area contributed by atoms with Crippen LogP contribution in [0.25, 0.3) is 11.0 Å². The Kier molecular flexibility index (Phi) is 3.26. The highest BCUT2D eigenvalue weighted by Crippen LogP contribution is 2.23. The maximum absolute atomic E-state index is 12.4. The van der Waals surface area contributed by atoms with Crippen molar-refractivity contribution in [2.45, 2.75) is 13.0 Å². The zero-order chi connectivity index (χ0) is 15.8. The Morgan fingerprint density at radius 3 is 2.83 bits per heavy atom. The van der Waals surface area contributed by atoms with Gasteiger partial charge >= 0.3 is 0 Å². The first-order valence-electron chi connectivity index (χ1n) is 7.57. The minimum Gasteiger partial charge on any atom is -0.471 e. The van der Waals surface area contributed by atoms with Crippen LogP contribution in [-0.4, -0.2) is 35.0 Å². The smallest absolute Gasteiger partial charge is 0.289 e. The van der Waals surface area contributed by atoms with Crippen LogP contribution in [0.3, 0.4) is 0 Å². The predicted molar refractivity (Wildman–Crippen MR) is 85.5 cm³/mol. The lowest BCUT2D eigenvalue weighted by atomic mass is 10.1. The quantitative estimate of drug-likeness (QED) is 0.746. The number of furan rings is 1. The van der Waals surface area contributed by atoms with Gasteiger partial charge < -0.3 is 14.1 Å². The molecule has 23 heavy (non-hydrogen) atoms. The zero-order valence-corrected chi connectivity index (χ0v) is 12.7. The van der Waals surface area contributed by atoms with Crippen molar-refractivity contribution in [1.29, 1.82) is 0 Å². The summed E-state index contributed by atoms with van der Waals surface area (Å²) in [6, 6.07) is 15.1. The molecular weight excluding hydrogens is 292 g/mol. The summed E-state index contributed by atoms with van der Waals surface area (Å²) in [4.78, 5) is 18.4. The van der Waals surface area contributed by atoms with Gasteiger partial charge in [0, 0.05) is 17.1 Å². The van der Waals surface area contributed by atoms with E-state index in [9.17, 15) is 4.79 Å². The average molecular weight is 308 g/mol. The number of hydrogen-bond donors (Lipinski definition) is 0. The molecule has 3 aromatic rings. The molecule has 0 saturated carbocycles. The molecule has 0 radical (unpaired) electrons. The van der Waals surface area contributed by atoms with Crippen LogP contribution in [-0.2, 0) is 0 Å². The lowest BCUT2D eigenvalue weighted by Gasteiger charge is -2.38. The molecule has 0 spiro atoms. The molecule has 1 saturated heterocycles. The largest absolute Gasteiger partial charge is 0.471 e. The van der Waals surface area contributed by atoms with E-state index in [1.54, 1.807) is 11.0 Å². The van der Waals surface area contributed by atoms with Crippen LogP contribution in [0.15, 0.2) is 52.9 Å². The Labute approximate surface area is 133 Å². The molecule has 0 aliphatic carbocycles. The number of carbonyl (C=O) groups is 1. The standard InChI is InChI=1S/C18H16N2O3/c1-12-5-4-8-17(19-12)22-14-10-20(11-14)18(21)16-9-13-6-2-3-7-15(13)23-16/h2-9,14H,10-11H2,1H3. The van der Waals surface area contributed by atoms with Crippen LogP contribution < -0.4 is 4.74 Å². The number of amides is 1. The van der Waals surface area contributed by atoms with E-state index in [0.29, 0.717) is 24.7 Å². The SMILES string of the molecule is Cc1cccc(OC2CN(C(=O)c3cc4ccccc4o3)C2)n1. The summed E-state index contributed by atoms with van der Waals surface area (Å²) in [6.07, 6.45) is -0.0161. The molecule has 3 heterocycles. The lowest BCUT2D eigenvalue weighted by Crippen LogP contribution is -2.56. The van der Waals surface area contributed by atoms with Gasteiger partial charge in [-0.05, 0) is 25.1 Å². The highest BCUT2D eigenvalue weighted by atomic mass is 16.5. The monoisotopic (exact) mass is 308 g/mol.